The largest absolute Gasteiger partial charge is 0.383 e. The molecule has 0 radical (unpaired) electrons. The number of hydrogen-bond acceptors (Lipinski definition) is 5. The zero-order chi connectivity index (χ0) is 18.4. The van der Waals surface area contributed by atoms with Crippen LogP contribution in [-0.4, -0.2) is 45.5 Å². The summed E-state index contributed by atoms with van der Waals surface area (Å²) in [5.74, 6) is 0.657. The molecular weight excluding hydrogens is 336 g/mol. The molecule has 0 spiro atoms. The third-order valence-electron chi connectivity index (χ3n) is 3.75. The van der Waals surface area contributed by atoms with Crippen molar-refractivity contribution in [1.82, 2.24) is 9.88 Å². The van der Waals surface area contributed by atoms with E-state index in [2.05, 4.69) is 33.8 Å². The quantitative estimate of drug-likeness (QED) is 0.755. The average Bonchev–Trinajstić information content (AvgIpc) is 2.56. The summed E-state index contributed by atoms with van der Waals surface area (Å²) in [7, 11) is 0.375. The minimum atomic E-state index is -3.64. The molecule has 0 saturated heterocycles. The molecule has 136 valence electrons. The van der Waals surface area contributed by atoms with Crippen LogP contribution in [0.15, 0.2) is 47.5 Å². The van der Waals surface area contributed by atoms with Crippen LogP contribution in [0.1, 0.15) is 25.3 Å². The number of rotatable bonds is 8. The molecule has 0 saturated carbocycles. The highest BCUT2D eigenvalue weighted by atomic mass is 32.2. The Morgan fingerprint density at radius 3 is 2.28 bits per heavy atom. The molecule has 0 aliphatic heterocycles. The summed E-state index contributed by atoms with van der Waals surface area (Å²) in [6.07, 6.45) is 1.62. The van der Waals surface area contributed by atoms with Crippen molar-refractivity contribution in [3.63, 3.8) is 0 Å². The van der Waals surface area contributed by atoms with Crippen LogP contribution in [0.2, 0.25) is 0 Å². The summed E-state index contributed by atoms with van der Waals surface area (Å²) in [6, 6.07) is 10.4. The lowest BCUT2D eigenvalue weighted by Gasteiger charge is -2.12. The zero-order valence-corrected chi connectivity index (χ0v) is 16.0. The van der Waals surface area contributed by atoms with Gasteiger partial charge in [0.15, 0.2) is 0 Å². The van der Waals surface area contributed by atoms with E-state index in [-0.39, 0.29) is 4.90 Å². The number of benzene rings is 1. The van der Waals surface area contributed by atoms with E-state index in [1.165, 1.54) is 0 Å². The van der Waals surface area contributed by atoms with Gasteiger partial charge in [-0.25, -0.2) is 13.4 Å². The van der Waals surface area contributed by atoms with Gasteiger partial charge in [0.05, 0.1) is 16.8 Å². The van der Waals surface area contributed by atoms with Crippen molar-refractivity contribution in [3.8, 4) is 0 Å². The highest BCUT2D eigenvalue weighted by Crippen LogP contribution is 2.19. The second-order valence-electron chi connectivity index (χ2n) is 6.49. The summed E-state index contributed by atoms with van der Waals surface area (Å²) in [5, 5.41) is 3.23. The minimum Gasteiger partial charge on any atom is -0.383 e. The Hall–Kier alpha value is -2.12. The third-order valence-corrected chi connectivity index (χ3v) is 5.12. The molecule has 1 heterocycles. The lowest BCUT2D eigenvalue weighted by Crippen LogP contribution is -2.20. The predicted molar refractivity (Wildman–Crippen MR) is 103 cm³/mol. The molecule has 1 aromatic heterocycles. The SMILES string of the molecule is CC(C)c1ccc(S(=O)(=O)Nc2ccc(NCCN(C)C)cn2)cc1. The van der Waals surface area contributed by atoms with Crippen molar-refractivity contribution in [1.29, 1.82) is 0 Å². The highest BCUT2D eigenvalue weighted by Gasteiger charge is 2.15. The van der Waals surface area contributed by atoms with Crippen molar-refractivity contribution in [3.05, 3.63) is 48.2 Å². The maximum absolute atomic E-state index is 12.4. The smallest absolute Gasteiger partial charge is 0.263 e. The van der Waals surface area contributed by atoms with E-state index in [0.29, 0.717) is 11.7 Å². The van der Waals surface area contributed by atoms with Crippen LogP contribution >= 0.6 is 0 Å². The van der Waals surface area contributed by atoms with Crippen molar-refractivity contribution < 1.29 is 8.42 Å². The summed E-state index contributed by atoms with van der Waals surface area (Å²) >= 11 is 0. The number of sulfonamides is 1. The van der Waals surface area contributed by atoms with Crippen LogP contribution < -0.4 is 10.0 Å². The Balaban J connectivity index is 2.02. The van der Waals surface area contributed by atoms with Gasteiger partial charge in [-0.05, 0) is 49.8 Å². The van der Waals surface area contributed by atoms with Gasteiger partial charge in [0, 0.05) is 13.1 Å². The van der Waals surface area contributed by atoms with Crippen LogP contribution in [-0.2, 0) is 10.0 Å². The average molecular weight is 362 g/mol. The van der Waals surface area contributed by atoms with E-state index in [9.17, 15) is 8.42 Å². The number of hydrogen-bond donors (Lipinski definition) is 2. The van der Waals surface area contributed by atoms with Crippen molar-refractivity contribution in [2.75, 3.05) is 37.2 Å². The second kappa shape index (κ2) is 8.31. The summed E-state index contributed by atoms with van der Waals surface area (Å²) in [6.45, 7) is 5.84. The lowest BCUT2D eigenvalue weighted by atomic mass is 10.0. The first-order valence-electron chi connectivity index (χ1n) is 8.25. The van der Waals surface area contributed by atoms with Gasteiger partial charge in [0.25, 0.3) is 10.0 Å². The Labute approximate surface area is 150 Å². The van der Waals surface area contributed by atoms with Gasteiger partial charge in [-0.3, -0.25) is 4.72 Å². The van der Waals surface area contributed by atoms with E-state index in [1.54, 1.807) is 24.4 Å². The predicted octanol–water partition coefficient (Wildman–Crippen LogP) is 2.98. The molecule has 0 aliphatic carbocycles. The topological polar surface area (TPSA) is 74.3 Å². The molecule has 2 rings (SSSR count). The van der Waals surface area contributed by atoms with Gasteiger partial charge in [-0.2, -0.15) is 0 Å². The molecule has 25 heavy (non-hydrogen) atoms. The van der Waals surface area contributed by atoms with Gasteiger partial charge < -0.3 is 10.2 Å². The molecule has 7 heteroatoms. The van der Waals surface area contributed by atoms with E-state index in [0.717, 1.165) is 24.3 Å². The molecule has 0 bridgehead atoms. The highest BCUT2D eigenvalue weighted by molar-refractivity contribution is 7.92. The first-order valence-corrected chi connectivity index (χ1v) is 9.73. The number of nitrogens with one attached hydrogen (secondary N) is 2. The molecule has 0 unspecified atom stereocenters. The van der Waals surface area contributed by atoms with E-state index < -0.39 is 10.0 Å². The number of likely N-dealkylation sites (N-methyl/N-ethyl adjacent to an activating group) is 1. The maximum atomic E-state index is 12.4. The molecule has 6 nitrogen and oxygen atoms in total. The summed E-state index contributed by atoms with van der Waals surface area (Å²) in [4.78, 5) is 6.47. The number of pyridine rings is 1. The minimum absolute atomic E-state index is 0.229. The summed E-state index contributed by atoms with van der Waals surface area (Å²) in [5.41, 5.74) is 1.95. The fraction of sp³-hybridized carbons (Fsp3) is 0.389. The standard InChI is InChI=1S/C18H26N4O2S/c1-14(2)15-5-8-17(9-6-15)25(23,24)21-18-10-7-16(13-20-18)19-11-12-22(3)4/h5-10,13-14,19H,11-12H2,1-4H3,(H,20,21). The maximum Gasteiger partial charge on any atom is 0.263 e. The fourth-order valence-electron chi connectivity index (χ4n) is 2.21. The van der Waals surface area contributed by atoms with E-state index in [1.807, 2.05) is 32.3 Å². The number of nitrogens with zero attached hydrogens (tertiary/aromatic N) is 2. The third kappa shape index (κ3) is 5.72. The summed E-state index contributed by atoms with van der Waals surface area (Å²) < 4.78 is 27.4. The molecule has 2 N–H and O–H groups in total. The lowest BCUT2D eigenvalue weighted by molar-refractivity contribution is 0.425. The van der Waals surface area contributed by atoms with Crippen LogP contribution in [0.3, 0.4) is 0 Å². The van der Waals surface area contributed by atoms with Gasteiger partial charge in [0.1, 0.15) is 5.82 Å². The van der Waals surface area contributed by atoms with Crippen LogP contribution in [0, 0.1) is 0 Å². The molecule has 0 amide bonds. The van der Waals surface area contributed by atoms with E-state index in [4.69, 9.17) is 0 Å². The van der Waals surface area contributed by atoms with Crippen LogP contribution in [0.4, 0.5) is 11.5 Å². The van der Waals surface area contributed by atoms with Gasteiger partial charge in [-0.1, -0.05) is 26.0 Å². The monoisotopic (exact) mass is 362 g/mol. The normalized spacial score (nSPS) is 11.8. The molecule has 1 aromatic carbocycles. The van der Waals surface area contributed by atoms with Gasteiger partial charge >= 0.3 is 0 Å². The molecular formula is C18H26N4O2S. The molecule has 2 aromatic rings. The first kappa shape index (κ1) is 19.2. The van der Waals surface area contributed by atoms with E-state index >= 15 is 0 Å². The Kier molecular flexibility index (Phi) is 6.39. The van der Waals surface area contributed by atoms with Gasteiger partial charge in [0.2, 0.25) is 0 Å². The van der Waals surface area contributed by atoms with Gasteiger partial charge in [-0.15, -0.1) is 0 Å². The van der Waals surface area contributed by atoms with Crippen LogP contribution in [0.25, 0.3) is 0 Å². The first-order chi connectivity index (χ1) is 11.8. The molecule has 0 atom stereocenters. The number of aromatic nitrogens is 1. The fourth-order valence-corrected chi connectivity index (χ4v) is 3.22. The Morgan fingerprint density at radius 1 is 1.08 bits per heavy atom. The number of anilines is 2. The second-order valence-corrected chi connectivity index (χ2v) is 8.17. The molecule has 0 fully saturated rings. The van der Waals surface area contributed by atoms with Crippen molar-refractivity contribution in [2.24, 2.45) is 0 Å². The Bertz CT molecular complexity index is 770. The van der Waals surface area contributed by atoms with Crippen LogP contribution in [0.5, 0.6) is 0 Å². The van der Waals surface area contributed by atoms with Crippen molar-refractivity contribution >= 4 is 21.5 Å². The zero-order valence-electron chi connectivity index (χ0n) is 15.2. The Morgan fingerprint density at radius 2 is 1.76 bits per heavy atom. The van der Waals surface area contributed by atoms with Crippen molar-refractivity contribution in [2.45, 2.75) is 24.7 Å². The molecule has 0 aliphatic rings.